The topological polar surface area (TPSA) is 104 Å². The van der Waals surface area contributed by atoms with Crippen LogP contribution in [0.25, 0.3) is 0 Å². The van der Waals surface area contributed by atoms with E-state index in [1.165, 1.54) is 19.1 Å². The van der Waals surface area contributed by atoms with E-state index in [1.54, 1.807) is 36.4 Å². The summed E-state index contributed by atoms with van der Waals surface area (Å²) < 4.78 is 29.1. The summed E-state index contributed by atoms with van der Waals surface area (Å²) in [5.74, 6) is -0.757. The Kier molecular flexibility index (Phi) is 7.79. The average Bonchev–Trinajstić information content (AvgIpc) is 2.74. The van der Waals surface area contributed by atoms with Crippen LogP contribution in [0.15, 0.2) is 88.2 Å². The molecule has 3 aromatic rings. The number of hydrogen-bond acceptors (Lipinski definition) is 4. The van der Waals surface area contributed by atoms with Crippen LogP contribution in [-0.4, -0.2) is 26.3 Å². The molecule has 3 N–H and O–H groups in total. The zero-order valence-electron chi connectivity index (χ0n) is 17.2. The summed E-state index contributed by atoms with van der Waals surface area (Å²) in [5.41, 5.74) is 1.76. The van der Waals surface area contributed by atoms with Crippen molar-refractivity contribution in [3.05, 3.63) is 88.9 Å². The molecule has 2 amide bonds. The third-order valence-electron chi connectivity index (χ3n) is 4.47. The highest BCUT2D eigenvalue weighted by Crippen LogP contribution is 2.18. The highest BCUT2D eigenvalue weighted by molar-refractivity contribution is 9.10. The van der Waals surface area contributed by atoms with Gasteiger partial charge in [-0.3, -0.25) is 9.59 Å². The minimum absolute atomic E-state index is 0.0548. The van der Waals surface area contributed by atoms with E-state index in [4.69, 9.17) is 0 Å². The van der Waals surface area contributed by atoms with Crippen LogP contribution in [0.3, 0.4) is 0 Å². The number of nitrogens with one attached hydrogen (secondary N) is 3. The Balaban J connectivity index is 1.84. The van der Waals surface area contributed by atoms with Gasteiger partial charge in [-0.25, -0.2) is 8.42 Å². The van der Waals surface area contributed by atoms with Gasteiger partial charge in [-0.2, -0.15) is 4.72 Å². The van der Waals surface area contributed by atoms with Crippen LogP contribution < -0.4 is 15.4 Å². The fourth-order valence-corrected chi connectivity index (χ4v) is 4.47. The summed E-state index contributed by atoms with van der Waals surface area (Å²) in [6.45, 7) is 1.39. The minimum Gasteiger partial charge on any atom is -0.326 e. The van der Waals surface area contributed by atoms with Gasteiger partial charge in [0.05, 0.1) is 4.90 Å². The van der Waals surface area contributed by atoms with Crippen molar-refractivity contribution in [2.45, 2.75) is 24.3 Å². The van der Waals surface area contributed by atoms with Gasteiger partial charge in [0, 0.05) is 22.8 Å². The minimum atomic E-state index is -3.95. The maximum atomic E-state index is 13.1. The van der Waals surface area contributed by atoms with Gasteiger partial charge < -0.3 is 10.6 Å². The molecule has 7 nitrogen and oxygen atoms in total. The fourth-order valence-electron chi connectivity index (χ4n) is 3.01. The standard InChI is InChI=1S/C23H22BrN3O4S/c1-16(28)25-19-8-5-9-20(15-19)26-23(29)22(14-17-6-3-2-4-7-17)27-32(30,31)21-12-10-18(24)11-13-21/h2-13,15,22,27H,14H2,1H3,(H,25,28)(H,26,29)/t22-/m1/s1. The molecule has 0 aliphatic heterocycles. The van der Waals surface area contributed by atoms with Gasteiger partial charge in [0.15, 0.2) is 0 Å². The van der Waals surface area contributed by atoms with Crippen LogP contribution in [0.4, 0.5) is 11.4 Å². The Morgan fingerprint density at radius 2 is 1.50 bits per heavy atom. The summed E-state index contributed by atoms with van der Waals surface area (Å²) in [4.78, 5) is 24.4. The van der Waals surface area contributed by atoms with Gasteiger partial charge in [0.2, 0.25) is 21.8 Å². The highest BCUT2D eigenvalue weighted by atomic mass is 79.9. The Morgan fingerprint density at radius 1 is 0.875 bits per heavy atom. The van der Waals surface area contributed by atoms with Gasteiger partial charge in [0.1, 0.15) is 6.04 Å². The zero-order valence-corrected chi connectivity index (χ0v) is 19.6. The lowest BCUT2D eigenvalue weighted by Gasteiger charge is -2.19. The largest absolute Gasteiger partial charge is 0.326 e. The lowest BCUT2D eigenvalue weighted by molar-refractivity contribution is -0.117. The third kappa shape index (κ3) is 6.74. The summed E-state index contributed by atoms with van der Waals surface area (Å²) in [7, 11) is -3.95. The first-order valence-electron chi connectivity index (χ1n) is 9.73. The van der Waals surface area contributed by atoms with Crippen LogP contribution in [0.5, 0.6) is 0 Å². The lowest BCUT2D eigenvalue weighted by Crippen LogP contribution is -2.45. The van der Waals surface area contributed by atoms with Crippen LogP contribution in [0.1, 0.15) is 12.5 Å². The molecule has 9 heteroatoms. The van der Waals surface area contributed by atoms with Crippen LogP contribution in [0.2, 0.25) is 0 Å². The quantitative estimate of drug-likeness (QED) is 0.422. The molecule has 0 aliphatic carbocycles. The molecule has 0 saturated carbocycles. The van der Waals surface area contributed by atoms with Crippen molar-refractivity contribution in [2.24, 2.45) is 0 Å². The molecule has 32 heavy (non-hydrogen) atoms. The number of hydrogen-bond donors (Lipinski definition) is 3. The van der Waals surface area contributed by atoms with E-state index in [0.29, 0.717) is 11.4 Å². The van der Waals surface area contributed by atoms with Gasteiger partial charge in [-0.15, -0.1) is 0 Å². The van der Waals surface area contributed by atoms with Gasteiger partial charge in [-0.05, 0) is 54.4 Å². The second-order valence-corrected chi connectivity index (χ2v) is 9.70. The smallest absolute Gasteiger partial charge is 0.242 e. The summed E-state index contributed by atoms with van der Waals surface area (Å²) in [5, 5.41) is 5.38. The summed E-state index contributed by atoms with van der Waals surface area (Å²) in [6, 6.07) is 20.9. The number of carbonyl (C=O) groups excluding carboxylic acids is 2. The normalized spacial score (nSPS) is 12.1. The maximum Gasteiger partial charge on any atom is 0.242 e. The maximum absolute atomic E-state index is 13.1. The monoisotopic (exact) mass is 515 g/mol. The van der Waals surface area contributed by atoms with E-state index < -0.39 is 22.0 Å². The van der Waals surface area contributed by atoms with Crippen molar-refractivity contribution in [2.75, 3.05) is 10.6 Å². The second-order valence-electron chi connectivity index (χ2n) is 7.07. The molecular weight excluding hydrogens is 494 g/mol. The molecule has 0 heterocycles. The van der Waals surface area contributed by atoms with E-state index in [-0.39, 0.29) is 17.2 Å². The molecule has 0 aromatic heterocycles. The van der Waals surface area contributed by atoms with E-state index in [0.717, 1.165) is 10.0 Å². The van der Waals surface area contributed by atoms with Gasteiger partial charge in [-0.1, -0.05) is 52.3 Å². The molecular formula is C23H22BrN3O4S. The first-order valence-corrected chi connectivity index (χ1v) is 12.0. The first-order chi connectivity index (χ1) is 15.2. The predicted molar refractivity (Wildman–Crippen MR) is 128 cm³/mol. The van der Waals surface area contributed by atoms with Crippen LogP contribution in [-0.2, 0) is 26.0 Å². The Labute approximate surface area is 195 Å². The molecule has 0 unspecified atom stereocenters. The molecule has 166 valence electrons. The Morgan fingerprint density at radius 3 is 2.12 bits per heavy atom. The number of rotatable bonds is 8. The molecule has 0 bridgehead atoms. The second kappa shape index (κ2) is 10.5. The van der Waals surface area contributed by atoms with E-state index >= 15 is 0 Å². The fraction of sp³-hybridized carbons (Fsp3) is 0.130. The van der Waals surface area contributed by atoms with Crippen molar-refractivity contribution in [3.63, 3.8) is 0 Å². The van der Waals surface area contributed by atoms with Crippen molar-refractivity contribution in [3.8, 4) is 0 Å². The van der Waals surface area contributed by atoms with Gasteiger partial charge in [0.25, 0.3) is 0 Å². The van der Waals surface area contributed by atoms with E-state index in [1.807, 2.05) is 30.3 Å². The number of amides is 2. The highest BCUT2D eigenvalue weighted by Gasteiger charge is 2.26. The number of sulfonamides is 1. The molecule has 0 radical (unpaired) electrons. The van der Waals surface area contributed by atoms with Crippen molar-refractivity contribution in [1.82, 2.24) is 4.72 Å². The predicted octanol–water partition coefficient (Wildman–Crippen LogP) is 3.94. The van der Waals surface area contributed by atoms with Crippen LogP contribution in [0, 0.1) is 0 Å². The average molecular weight is 516 g/mol. The van der Waals surface area contributed by atoms with Crippen LogP contribution >= 0.6 is 15.9 Å². The molecule has 3 aromatic carbocycles. The third-order valence-corrected chi connectivity index (χ3v) is 6.49. The van der Waals surface area contributed by atoms with Crippen molar-refractivity contribution in [1.29, 1.82) is 0 Å². The zero-order chi connectivity index (χ0) is 23.1. The summed E-state index contributed by atoms with van der Waals surface area (Å²) >= 11 is 3.28. The Bertz CT molecular complexity index is 1200. The SMILES string of the molecule is CC(=O)Nc1cccc(NC(=O)[C@@H](Cc2ccccc2)NS(=O)(=O)c2ccc(Br)cc2)c1. The first kappa shape index (κ1) is 23.6. The molecule has 0 spiro atoms. The number of halogens is 1. The molecule has 1 atom stereocenters. The van der Waals surface area contributed by atoms with Crippen molar-refractivity contribution >= 4 is 49.1 Å². The molecule has 0 fully saturated rings. The van der Waals surface area contributed by atoms with Crippen molar-refractivity contribution < 1.29 is 18.0 Å². The molecule has 0 saturated heterocycles. The lowest BCUT2D eigenvalue weighted by atomic mass is 10.1. The number of benzene rings is 3. The Hall–Kier alpha value is -3.01. The number of carbonyl (C=O) groups is 2. The van der Waals surface area contributed by atoms with E-state index in [2.05, 4.69) is 31.3 Å². The molecule has 0 aliphatic rings. The molecule has 3 rings (SSSR count). The van der Waals surface area contributed by atoms with Gasteiger partial charge >= 0.3 is 0 Å². The summed E-state index contributed by atoms with van der Waals surface area (Å²) in [6.07, 6.45) is 0.161. The van der Waals surface area contributed by atoms with E-state index in [9.17, 15) is 18.0 Å². The number of anilines is 2.